The Kier molecular flexibility index (Phi) is 4.79. The molecule has 1 aromatic rings. The van der Waals surface area contributed by atoms with Gasteiger partial charge in [-0.1, -0.05) is 36.2 Å². The molecular formula is C15H17Cl2NO3. The number of benzene rings is 1. The SMILES string of the molecule is CCC1(C(=O)O)CCCN1C(=O)Cc1ccc(Cl)cc1Cl. The Balaban J connectivity index is 2.21. The Morgan fingerprint density at radius 3 is 2.67 bits per heavy atom. The maximum atomic E-state index is 12.5. The highest BCUT2D eigenvalue weighted by molar-refractivity contribution is 6.35. The largest absolute Gasteiger partial charge is 0.479 e. The molecule has 1 aromatic carbocycles. The number of carboxylic acids is 1. The van der Waals surface area contributed by atoms with E-state index in [1.54, 1.807) is 25.1 Å². The van der Waals surface area contributed by atoms with Gasteiger partial charge in [-0.05, 0) is 37.0 Å². The zero-order valence-electron chi connectivity index (χ0n) is 11.7. The third-order valence-corrected chi connectivity index (χ3v) is 4.72. The van der Waals surface area contributed by atoms with E-state index in [1.807, 2.05) is 0 Å². The molecule has 1 saturated heterocycles. The first-order valence-corrected chi connectivity index (χ1v) is 7.64. The summed E-state index contributed by atoms with van der Waals surface area (Å²) in [4.78, 5) is 25.6. The number of likely N-dealkylation sites (tertiary alicyclic amines) is 1. The fourth-order valence-corrected chi connectivity index (χ4v) is 3.38. The lowest BCUT2D eigenvalue weighted by molar-refractivity contribution is -0.156. The van der Waals surface area contributed by atoms with Crippen molar-refractivity contribution in [2.75, 3.05) is 6.54 Å². The van der Waals surface area contributed by atoms with Crippen LogP contribution in [0.25, 0.3) is 0 Å². The second-order valence-corrected chi connectivity index (χ2v) is 6.10. The van der Waals surface area contributed by atoms with Gasteiger partial charge in [0.05, 0.1) is 6.42 Å². The van der Waals surface area contributed by atoms with Gasteiger partial charge in [0.15, 0.2) is 0 Å². The number of carbonyl (C=O) groups is 2. The van der Waals surface area contributed by atoms with E-state index in [2.05, 4.69) is 0 Å². The van der Waals surface area contributed by atoms with Crippen LogP contribution in [0.2, 0.25) is 10.0 Å². The molecule has 21 heavy (non-hydrogen) atoms. The molecule has 0 radical (unpaired) electrons. The van der Waals surface area contributed by atoms with Gasteiger partial charge < -0.3 is 10.0 Å². The molecule has 114 valence electrons. The average Bonchev–Trinajstić information content (AvgIpc) is 2.87. The van der Waals surface area contributed by atoms with E-state index < -0.39 is 11.5 Å². The van der Waals surface area contributed by atoms with E-state index in [0.717, 1.165) is 0 Å². The molecule has 0 aliphatic carbocycles. The Morgan fingerprint density at radius 2 is 2.10 bits per heavy atom. The van der Waals surface area contributed by atoms with Crippen LogP contribution in [0.3, 0.4) is 0 Å². The van der Waals surface area contributed by atoms with Crippen molar-refractivity contribution in [2.45, 2.75) is 38.1 Å². The van der Waals surface area contributed by atoms with Gasteiger partial charge in [-0.3, -0.25) is 4.79 Å². The van der Waals surface area contributed by atoms with Crippen molar-refractivity contribution in [1.82, 2.24) is 4.90 Å². The smallest absolute Gasteiger partial charge is 0.329 e. The molecule has 1 fully saturated rings. The Hall–Kier alpha value is -1.26. The molecule has 1 N–H and O–H groups in total. The maximum Gasteiger partial charge on any atom is 0.329 e. The molecule has 4 nitrogen and oxygen atoms in total. The van der Waals surface area contributed by atoms with Crippen molar-refractivity contribution < 1.29 is 14.7 Å². The summed E-state index contributed by atoms with van der Waals surface area (Å²) in [5.74, 6) is -1.14. The highest BCUT2D eigenvalue weighted by Crippen LogP contribution is 2.34. The van der Waals surface area contributed by atoms with E-state index in [0.29, 0.717) is 41.4 Å². The van der Waals surface area contributed by atoms with E-state index in [-0.39, 0.29) is 12.3 Å². The summed E-state index contributed by atoms with van der Waals surface area (Å²) in [5, 5.41) is 10.4. The van der Waals surface area contributed by atoms with Crippen molar-refractivity contribution in [3.05, 3.63) is 33.8 Å². The van der Waals surface area contributed by atoms with Crippen LogP contribution >= 0.6 is 23.2 Å². The van der Waals surface area contributed by atoms with Crippen LogP contribution in [-0.4, -0.2) is 34.0 Å². The predicted molar refractivity (Wildman–Crippen MR) is 81.8 cm³/mol. The Morgan fingerprint density at radius 1 is 1.38 bits per heavy atom. The zero-order valence-corrected chi connectivity index (χ0v) is 13.2. The summed E-state index contributed by atoms with van der Waals surface area (Å²) in [6.07, 6.45) is 1.70. The van der Waals surface area contributed by atoms with Crippen molar-refractivity contribution in [2.24, 2.45) is 0 Å². The number of hydrogen-bond acceptors (Lipinski definition) is 2. The van der Waals surface area contributed by atoms with Crippen LogP contribution in [0.4, 0.5) is 0 Å². The average molecular weight is 330 g/mol. The molecule has 1 aliphatic heterocycles. The third kappa shape index (κ3) is 3.01. The maximum absolute atomic E-state index is 12.5. The Labute approximate surface area is 133 Å². The summed E-state index contributed by atoms with van der Waals surface area (Å²) in [6, 6.07) is 4.96. The summed E-state index contributed by atoms with van der Waals surface area (Å²) in [6.45, 7) is 2.28. The lowest BCUT2D eigenvalue weighted by Gasteiger charge is -2.34. The first-order valence-electron chi connectivity index (χ1n) is 6.88. The fourth-order valence-electron chi connectivity index (χ4n) is 2.91. The summed E-state index contributed by atoms with van der Waals surface area (Å²) in [5.41, 5.74) is -0.413. The number of amides is 1. The molecular weight excluding hydrogens is 313 g/mol. The van der Waals surface area contributed by atoms with Gasteiger partial charge in [0.25, 0.3) is 0 Å². The van der Waals surface area contributed by atoms with Crippen LogP contribution < -0.4 is 0 Å². The molecule has 1 aliphatic rings. The van der Waals surface area contributed by atoms with Gasteiger partial charge in [-0.25, -0.2) is 4.79 Å². The van der Waals surface area contributed by atoms with Crippen molar-refractivity contribution in [3.8, 4) is 0 Å². The normalized spacial score (nSPS) is 21.6. The van der Waals surface area contributed by atoms with Gasteiger partial charge >= 0.3 is 5.97 Å². The lowest BCUT2D eigenvalue weighted by atomic mass is 9.92. The number of halogens is 2. The van der Waals surface area contributed by atoms with Gasteiger partial charge in [0.2, 0.25) is 5.91 Å². The van der Waals surface area contributed by atoms with Crippen molar-refractivity contribution in [1.29, 1.82) is 0 Å². The number of carboxylic acid groups (broad SMARTS) is 1. The number of aliphatic carboxylic acids is 1. The summed E-state index contributed by atoms with van der Waals surface area (Å²) >= 11 is 11.9. The summed E-state index contributed by atoms with van der Waals surface area (Å²) < 4.78 is 0. The lowest BCUT2D eigenvalue weighted by Crippen LogP contribution is -2.53. The topological polar surface area (TPSA) is 57.6 Å². The predicted octanol–water partition coefficient (Wildman–Crippen LogP) is 3.39. The quantitative estimate of drug-likeness (QED) is 0.921. The molecule has 1 heterocycles. The third-order valence-electron chi connectivity index (χ3n) is 4.13. The fraction of sp³-hybridized carbons (Fsp3) is 0.467. The van der Waals surface area contributed by atoms with Gasteiger partial charge in [0, 0.05) is 16.6 Å². The van der Waals surface area contributed by atoms with E-state index >= 15 is 0 Å². The van der Waals surface area contributed by atoms with Gasteiger partial charge in [0.1, 0.15) is 5.54 Å². The van der Waals surface area contributed by atoms with Gasteiger partial charge in [-0.2, -0.15) is 0 Å². The molecule has 0 aromatic heterocycles. The standard InChI is InChI=1S/C15H17Cl2NO3/c1-2-15(14(20)21)6-3-7-18(15)13(19)8-10-4-5-11(16)9-12(10)17/h4-5,9H,2-3,6-8H2,1H3,(H,20,21). The van der Waals surface area contributed by atoms with Crippen molar-refractivity contribution >= 4 is 35.1 Å². The van der Waals surface area contributed by atoms with Crippen LogP contribution in [0.5, 0.6) is 0 Å². The molecule has 1 amide bonds. The Bertz CT molecular complexity index is 576. The molecule has 1 unspecified atom stereocenters. The number of rotatable bonds is 4. The van der Waals surface area contributed by atoms with Crippen LogP contribution in [0, 0.1) is 0 Å². The minimum absolute atomic E-state index is 0.0883. The minimum Gasteiger partial charge on any atom is -0.479 e. The molecule has 1 atom stereocenters. The molecule has 0 spiro atoms. The molecule has 2 rings (SSSR count). The first-order chi connectivity index (χ1) is 9.90. The first kappa shape index (κ1) is 16.1. The van der Waals surface area contributed by atoms with Gasteiger partial charge in [-0.15, -0.1) is 0 Å². The molecule has 0 bridgehead atoms. The minimum atomic E-state index is -1.07. The summed E-state index contributed by atoms with van der Waals surface area (Å²) in [7, 11) is 0. The monoisotopic (exact) mass is 329 g/mol. The zero-order chi connectivity index (χ0) is 15.6. The molecule has 6 heteroatoms. The van der Waals surface area contributed by atoms with Crippen molar-refractivity contribution in [3.63, 3.8) is 0 Å². The number of hydrogen-bond donors (Lipinski definition) is 1. The second kappa shape index (κ2) is 6.24. The number of nitrogens with zero attached hydrogens (tertiary/aromatic N) is 1. The molecule has 0 saturated carbocycles. The highest BCUT2D eigenvalue weighted by Gasteiger charge is 2.48. The van der Waals surface area contributed by atoms with E-state index in [4.69, 9.17) is 23.2 Å². The second-order valence-electron chi connectivity index (χ2n) is 5.25. The van der Waals surface area contributed by atoms with E-state index in [9.17, 15) is 14.7 Å². The van der Waals surface area contributed by atoms with Crippen LogP contribution in [0.15, 0.2) is 18.2 Å². The van der Waals surface area contributed by atoms with E-state index in [1.165, 1.54) is 4.90 Å². The highest BCUT2D eigenvalue weighted by atomic mass is 35.5. The number of carbonyl (C=O) groups excluding carboxylic acids is 1. The van der Waals surface area contributed by atoms with Crippen LogP contribution in [-0.2, 0) is 16.0 Å². The van der Waals surface area contributed by atoms with Crippen LogP contribution in [0.1, 0.15) is 31.7 Å².